The van der Waals surface area contributed by atoms with Gasteiger partial charge in [-0.1, -0.05) is 0 Å². The van der Waals surface area contributed by atoms with Crippen LogP contribution >= 0.6 is 0 Å². The fourth-order valence-electron chi connectivity index (χ4n) is 2.62. The average molecular weight is 369 g/mol. The number of aromatic nitrogens is 2. The summed E-state index contributed by atoms with van der Waals surface area (Å²) in [4.78, 5) is 24.1. The minimum atomic E-state index is -0.610. The number of ether oxygens (including phenoxy) is 1. The summed E-state index contributed by atoms with van der Waals surface area (Å²) in [5, 5.41) is 10.4. The van der Waals surface area contributed by atoms with Crippen molar-refractivity contribution in [2.75, 3.05) is 6.54 Å². The number of carbonyl (C=O) groups excluding carboxylic acids is 2. The Kier molecular flexibility index (Phi) is 4.94. The molecule has 3 aromatic rings. The molecule has 0 radical (unpaired) electrons. The number of rotatable bonds is 4. The molecule has 0 spiro atoms. The lowest BCUT2D eigenvalue weighted by Crippen LogP contribution is -2.34. The number of benzene rings is 2. The van der Waals surface area contributed by atoms with Gasteiger partial charge in [-0.2, -0.15) is 5.10 Å². The molecule has 1 heterocycles. The van der Waals surface area contributed by atoms with E-state index in [0.29, 0.717) is 11.3 Å². The van der Waals surface area contributed by atoms with Gasteiger partial charge in [-0.3, -0.25) is 14.7 Å². The maximum Gasteiger partial charge on any atom is 0.325 e. The molecule has 0 atom stereocenters. The highest BCUT2D eigenvalue weighted by Crippen LogP contribution is 2.27. The number of aromatic amines is 1. The fourth-order valence-corrected chi connectivity index (χ4v) is 2.62. The van der Waals surface area contributed by atoms with Crippen LogP contribution in [-0.4, -0.2) is 34.2 Å². The zero-order valence-electron chi connectivity index (χ0n) is 15.3. The molecule has 0 aliphatic carbocycles. The molecule has 6 nitrogen and oxygen atoms in total. The van der Waals surface area contributed by atoms with Crippen LogP contribution in [0, 0.1) is 5.82 Å². The zero-order valence-corrected chi connectivity index (χ0v) is 15.3. The lowest BCUT2D eigenvalue weighted by Gasteiger charge is -2.19. The summed E-state index contributed by atoms with van der Waals surface area (Å²) in [6.07, 6.45) is 0. The number of hydrogen-bond donors (Lipinski definition) is 2. The van der Waals surface area contributed by atoms with Gasteiger partial charge in [0.2, 0.25) is 0 Å². The highest BCUT2D eigenvalue weighted by molar-refractivity contribution is 6.02. The van der Waals surface area contributed by atoms with Crippen molar-refractivity contribution < 1.29 is 18.7 Å². The summed E-state index contributed by atoms with van der Waals surface area (Å²) in [6.45, 7) is 5.06. The number of halogens is 1. The first-order valence-electron chi connectivity index (χ1n) is 8.47. The Morgan fingerprint density at radius 3 is 2.52 bits per heavy atom. The van der Waals surface area contributed by atoms with Crippen LogP contribution in [0.3, 0.4) is 0 Å². The number of nitrogens with zero attached hydrogens (tertiary/aromatic N) is 1. The molecule has 0 aliphatic rings. The Morgan fingerprint density at radius 1 is 1.15 bits per heavy atom. The van der Waals surface area contributed by atoms with Crippen LogP contribution in [0.1, 0.15) is 31.1 Å². The van der Waals surface area contributed by atoms with Gasteiger partial charge in [0, 0.05) is 16.5 Å². The summed E-state index contributed by atoms with van der Waals surface area (Å²) in [5.41, 5.74) is 1.87. The van der Waals surface area contributed by atoms with Crippen molar-refractivity contribution >= 4 is 22.8 Å². The van der Waals surface area contributed by atoms with E-state index in [1.807, 2.05) is 0 Å². The second-order valence-electron chi connectivity index (χ2n) is 7.11. The van der Waals surface area contributed by atoms with Crippen molar-refractivity contribution in [3.63, 3.8) is 0 Å². The molecular weight excluding hydrogens is 349 g/mol. The van der Waals surface area contributed by atoms with E-state index in [1.54, 1.807) is 51.1 Å². The number of hydrogen-bond acceptors (Lipinski definition) is 4. The molecule has 0 saturated carbocycles. The van der Waals surface area contributed by atoms with E-state index in [1.165, 1.54) is 12.1 Å². The van der Waals surface area contributed by atoms with E-state index in [2.05, 4.69) is 15.5 Å². The molecule has 1 aromatic heterocycles. The monoisotopic (exact) mass is 369 g/mol. The van der Waals surface area contributed by atoms with Crippen LogP contribution in [-0.2, 0) is 9.53 Å². The van der Waals surface area contributed by atoms with Gasteiger partial charge in [0.1, 0.15) is 18.0 Å². The van der Waals surface area contributed by atoms with Crippen molar-refractivity contribution in [3.8, 4) is 11.3 Å². The first kappa shape index (κ1) is 18.6. The van der Waals surface area contributed by atoms with Gasteiger partial charge >= 0.3 is 5.97 Å². The second-order valence-corrected chi connectivity index (χ2v) is 7.11. The smallest absolute Gasteiger partial charge is 0.325 e. The number of amides is 1. The highest BCUT2D eigenvalue weighted by atomic mass is 19.1. The van der Waals surface area contributed by atoms with Crippen LogP contribution in [0.2, 0.25) is 0 Å². The molecule has 0 aliphatic heterocycles. The largest absolute Gasteiger partial charge is 0.459 e. The Labute approximate surface area is 155 Å². The van der Waals surface area contributed by atoms with E-state index in [0.717, 1.165) is 16.5 Å². The normalized spacial score (nSPS) is 11.4. The van der Waals surface area contributed by atoms with E-state index >= 15 is 0 Å². The molecule has 0 unspecified atom stereocenters. The van der Waals surface area contributed by atoms with Gasteiger partial charge in [-0.05, 0) is 63.2 Å². The first-order valence-corrected chi connectivity index (χ1v) is 8.47. The summed E-state index contributed by atoms with van der Waals surface area (Å²) < 4.78 is 18.3. The number of fused-ring (bicyclic) bond motifs is 1. The minimum absolute atomic E-state index is 0.218. The van der Waals surface area contributed by atoms with Crippen LogP contribution in [0.5, 0.6) is 0 Å². The van der Waals surface area contributed by atoms with E-state index in [9.17, 15) is 14.0 Å². The predicted octanol–water partition coefficient (Wildman–Crippen LogP) is 3.44. The number of H-pyrrole nitrogens is 1. The quantitative estimate of drug-likeness (QED) is 0.690. The maximum atomic E-state index is 13.1. The molecule has 2 aromatic carbocycles. The Morgan fingerprint density at radius 2 is 1.85 bits per heavy atom. The zero-order chi connectivity index (χ0) is 19.6. The van der Waals surface area contributed by atoms with Crippen molar-refractivity contribution in [1.29, 1.82) is 0 Å². The minimum Gasteiger partial charge on any atom is -0.459 e. The molecule has 27 heavy (non-hydrogen) atoms. The SMILES string of the molecule is CC(C)(C)OC(=O)CNC(=O)c1ccc2[nH]nc(-c3ccc(F)cc3)c2c1. The topological polar surface area (TPSA) is 84.1 Å². The standard InChI is InChI=1S/C20H20FN3O3/c1-20(2,3)27-17(25)11-22-19(26)13-6-9-16-15(10-13)18(24-23-16)12-4-7-14(21)8-5-12/h4-10H,11H2,1-3H3,(H,22,26)(H,23,24). The molecule has 0 bridgehead atoms. The Hall–Kier alpha value is -3.22. The lowest BCUT2D eigenvalue weighted by molar-refractivity contribution is -0.153. The molecule has 7 heteroatoms. The van der Waals surface area contributed by atoms with Gasteiger partial charge in [0.25, 0.3) is 5.91 Å². The molecular formula is C20H20FN3O3. The van der Waals surface area contributed by atoms with Gasteiger partial charge in [-0.25, -0.2) is 4.39 Å². The predicted molar refractivity (Wildman–Crippen MR) is 99.7 cm³/mol. The van der Waals surface area contributed by atoms with E-state index < -0.39 is 17.5 Å². The van der Waals surface area contributed by atoms with E-state index in [4.69, 9.17) is 4.74 Å². The molecule has 2 N–H and O–H groups in total. The van der Waals surface area contributed by atoms with Gasteiger partial charge in [0.15, 0.2) is 0 Å². The van der Waals surface area contributed by atoms with Gasteiger partial charge in [-0.15, -0.1) is 0 Å². The summed E-state index contributed by atoms with van der Waals surface area (Å²) >= 11 is 0. The third-order valence-corrected chi connectivity index (χ3v) is 3.76. The molecule has 140 valence electrons. The number of carbonyl (C=O) groups is 2. The summed E-state index contributed by atoms with van der Waals surface area (Å²) in [5.74, 6) is -1.23. The third kappa shape index (κ3) is 4.49. The second kappa shape index (κ2) is 7.19. The summed E-state index contributed by atoms with van der Waals surface area (Å²) in [6, 6.07) is 11.0. The highest BCUT2D eigenvalue weighted by Gasteiger charge is 2.18. The average Bonchev–Trinajstić information content (AvgIpc) is 3.02. The third-order valence-electron chi connectivity index (χ3n) is 3.76. The van der Waals surface area contributed by atoms with Crippen molar-refractivity contribution in [2.24, 2.45) is 0 Å². The van der Waals surface area contributed by atoms with Crippen LogP contribution in [0.15, 0.2) is 42.5 Å². The van der Waals surface area contributed by atoms with Crippen molar-refractivity contribution in [2.45, 2.75) is 26.4 Å². The van der Waals surface area contributed by atoms with Gasteiger partial charge in [0.05, 0.1) is 11.2 Å². The first-order chi connectivity index (χ1) is 12.7. The lowest BCUT2D eigenvalue weighted by atomic mass is 10.1. The van der Waals surface area contributed by atoms with Crippen LogP contribution in [0.25, 0.3) is 22.2 Å². The summed E-state index contributed by atoms with van der Waals surface area (Å²) in [7, 11) is 0. The fraction of sp³-hybridized carbons (Fsp3) is 0.250. The molecule has 0 fully saturated rings. The van der Waals surface area contributed by atoms with Crippen LogP contribution in [0.4, 0.5) is 4.39 Å². The molecule has 3 rings (SSSR count). The Balaban J connectivity index is 1.79. The number of esters is 1. The number of nitrogens with one attached hydrogen (secondary N) is 2. The van der Waals surface area contributed by atoms with Crippen molar-refractivity contribution in [3.05, 3.63) is 53.8 Å². The van der Waals surface area contributed by atoms with Gasteiger partial charge < -0.3 is 10.1 Å². The maximum absolute atomic E-state index is 13.1. The molecule has 1 amide bonds. The molecule has 0 saturated heterocycles. The van der Waals surface area contributed by atoms with E-state index in [-0.39, 0.29) is 12.4 Å². The Bertz CT molecular complexity index is 988. The van der Waals surface area contributed by atoms with Crippen LogP contribution < -0.4 is 5.32 Å². The van der Waals surface area contributed by atoms with Crippen molar-refractivity contribution in [1.82, 2.24) is 15.5 Å².